The van der Waals surface area contributed by atoms with Crippen LogP contribution in [0.1, 0.15) is 32.7 Å². The summed E-state index contributed by atoms with van der Waals surface area (Å²) < 4.78 is 6.15. The molecule has 224 valence electrons. The van der Waals surface area contributed by atoms with Gasteiger partial charge in [0.25, 0.3) is 5.69 Å². The molecule has 45 heavy (non-hydrogen) atoms. The highest BCUT2D eigenvalue weighted by atomic mass is 79.9. The van der Waals surface area contributed by atoms with Crippen molar-refractivity contribution in [1.82, 2.24) is 4.98 Å². The van der Waals surface area contributed by atoms with Crippen LogP contribution in [0.2, 0.25) is 0 Å². The maximum absolute atomic E-state index is 13.4. The van der Waals surface area contributed by atoms with Gasteiger partial charge in [0.15, 0.2) is 12.4 Å². The SMILES string of the molecule is Cc1cc(Br)cc2c(C(=O)OCC(=O)c3ccc([N+](=O)[O-])cc3)cc(-c3ccc(N4C(=O)C5C6C=CC(C6)C5C4=O)cc3)nc12. The molecule has 2 fully saturated rings. The number of pyridine rings is 1. The average Bonchev–Trinajstić information content (AvgIpc) is 3.72. The van der Waals surface area contributed by atoms with Crippen molar-refractivity contribution >= 4 is 61.8 Å². The Morgan fingerprint density at radius 2 is 1.62 bits per heavy atom. The van der Waals surface area contributed by atoms with E-state index in [1.807, 2.05) is 13.0 Å². The van der Waals surface area contributed by atoms with E-state index in [9.17, 15) is 29.3 Å². The summed E-state index contributed by atoms with van der Waals surface area (Å²) in [7, 11) is 0. The maximum atomic E-state index is 13.4. The van der Waals surface area contributed by atoms with Crippen molar-refractivity contribution < 1.29 is 28.8 Å². The fourth-order valence-electron chi connectivity index (χ4n) is 6.77. The van der Waals surface area contributed by atoms with Crippen LogP contribution in [0.25, 0.3) is 22.2 Å². The number of halogens is 1. The third kappa shape index (κ3) is 4.83. The molecule has 10 nitrogen and oxygen atoms in total. The first kappa shape index (κ1) is 28.7. The summed E-state index contributed by atoms with van der Waals surface area (Å²) in [6.45, 7) is 1.30. The van der Waals surface area contributed by atoms with Gasteiger partial charge in [-0.05, 0) is 73.2 Å². The number of carbonyl (C=O) groups is 4. The van der Waals surface area contributed by atoms with Crippen LogP contribution in [0.5, 0.6) is 0 Å². The smallest absolute Gasteiger partial charge is 0.339 e. The molecule has 1 saturated carbocycles. The molecule has 2 amide bonds. The normalized spacial score (nSPS) is 21.4. The molecule has 1 aliphatic heterocycles. The molecule has 2 heterocycles. The van der Waals surface area contributed by atoms with Crippen LogP contribution in [0, 0.1) is 40.7 Å². The quantitative estimate of drug-likeness (QED) is 0.0566. The lowest BCUT2D eigenvalue weighted by Crippen LogP contribution is -2.32. The Morgan fingerprint density at radius 3 is 2.24 bits per heavy atom. The number of hydrogen-bond donors (Lipinski definition) is 0. The zero-order valence-electron chi connectivity index (χ0n) is 23.8. The van der Waals surface area contributed by atoms with Gasteiger partial charge in [-0.15, -0.1) is 0 Å². The lowest BCUT2D eigenvalue weighted by atomic mass is 9.85. The van der Waals surface area contributed by atoms with Crippen LogP contribution < -0.4 is 4.90 Å². The fraction of sp³-hybridized carbons (Fsp3) is 0.206. The second kappa shape index (κ2) is 10.8. The van der Waals surface area contributed by atoms with Crippen molar-refractivity contribution in [3.63, 3.8) is 0 Å². The van der Waals surface area contributed by atoms with E-state index in [2.05, 4.69) is 28.1 Å². The number of aryl methyl sites for hydroxylation is 1. The Labute approximate surface area is 265 Å². The molecule has 1 saturated heterocycles. The molecule has 3 aromatic carbocycles. The molecular formula is C34H24BrN3O7. The van der Waals surface area contributed by atoms with E-state index >= 15 is 0 Å². The molecule has 4 atom stereocenters. The highest BCUT2D eigenvalue weighted by Crippen LogP contribution is 2.53. The average molecular weight is 666 g/mol. The number of nitrogens with zero attached hydrogens (tertiary/aromatic N) is 3. The molecule has 4 aromatic rings. The maximum Gasteiger partial charge on any atom is 0.339 e. The van der Waals surface area contributed by atoms with E-state index in [4.69, 9.17) is 9.72 Å². The van der Waals surface area contributed by atoms with Gasteiger partial charge in [0.05, 0.1) is 39.2 Å². The van der Waals surface area contributed by atoms with Crippen LogP contribution >= 0.6 is 15.9 Å². The number of aromatic nitrogens is 1. The Bertz CT molecular complexity index is 1960. The number of carbonyl (C=O) groups excluding carboxylic acids is 4. The van der Waals surface area contributed by atoms with Crippen molar-refractivity contribution in [3.8, 4) is 11.3 Å². The summed E-state index contributed by atoms with van der Waals surface area (Å²) in [5, 5.41) is 11.4. The Morgan fingerprint density at radius 1 is 0.978 bits per heavy atom. The van der Waals surface area contributed by atoms with E-state index in [0.29, 0.717) is 27.8 Å². The number of non-ortho nitro benzene ring substituents is 1. The summed E-state index contributed by atoms with van der Waals surface area (Å²) in [4.78, 5) is 69.1. The number of nitro groups is 1. The number of benzene rings is 3. The highest BCUT2D eigenvalue weighted by Gasteiger charge is 2.59. The minimum atomic E-state index is -0.740. The number of imide groups is 1. The topological polar surface area (TPSA) is 137 Å². The molecule has 2 aliphatic carbocycles. The largest absolute Gasteiger partial charge is 0.454 e. The number of Topliss-reactive ketones (excluding diaryl/α,β-unsaturated/α-hetero) is 1. The number of fused-ring (bicyclic) bond motifs is 6. The van der Waals surface area contributed by atoms with Gasteiger partial charge in [0.1, 0.15) is 0 Å². The molecule has 0 N–H and O–H groups in total. The molecular weight excluding hydrogens is 642 g/mol. The van der Waals surface area contributed by atoms with Crippen molar-refractivity contribution in [2.45, 2.75) is 13.3 Å². The fourth-order valence-corrected chi connectivity index (χ4v) is 7.34. The van der Waals surface area contributed by atoms with Crippen LogP contribution in [-0.4, -0.2) is 40.1 Å². The van der Waals surface area contributed by atoms with Crippen molar-refractivity contribution in [2.24, 2.45) is 23.7 Å². The Balaban J connectivity index is 1.16. The van der Waals surface area contributed by atoms with Crippen molar-refractivity contribution in [1.29, 1.82) is 0 Å². The molecule has 0 spiro atoms. The monoisotopic (exact) mass is 665 g/mol. The van der Waals surface area contributed by atoms with Gasteiger partial charge in [-0.1, -0.05) is 40.2 Å². The number of allylic oxidation sites excluding steroid dienone is 2. The Kier molecular flexibility index (Phi) is 6.92. The second-order valence-electron chi connectivity index (χ2n) is 11.5. The van der Waals surface area contributed by atoms with E-state index in [1.165, 1.54) is 29.2 Å². The van der Waals surface area contributed by atoms with Gasteiger partial charge in [-0.25, -0.2) is 9.78 Å². The molecule has 3 aliphatic rings. The third-order valence-corrected chi connectivity index (χ3v) is 9.37. The zero-order chi connectivity index (χ0) is 31.6. The standard InChI is InChI=1S/C34H24BrN3O7/c1-17-12-22(35)14-25-26(34(42)45-16-28(39)19-6-10-24(11-7-19)38(43)44)15-27(36-31(17)25)18-4-8-23(9-5-18)37-32(40)29-20-2-3-21(13-20)30(29)33(37)41/h2-12,14-15,20-21,29-30H,13,16H2,1H3. The summed E-state index contributed by atoms with van der Waals surface area (Å²) in [6.07, 6.45) is 4.98. The summed E-state index contributed by atoms with van der Waals surface area (Å²) >= 11 is 3.47. The first-order valence-corrected chi connectivity index (χ1v) is 15.1. The number of anilines is 1. The number of ketones is 1. The molecule has 7 rings (SSSR count). The molecule has 2 bridgehead atoms. The number of nitro benzene ring substituents is 1. The molecule has 1 aromatic heterocycles. The van der Waals surface area contributed by atoms with Crippen molar-refractivity contribution in [3.05, 3.63) is 110 Å². The van der Waals surface area contributed by atoms with Crippen LogP contribution in [0.3, 0.4) is 0 Å². The van der Waals surface area contributed by atoms with E-state index in [0.717, 1.165) is 16.5 Å². The van der Waals surface area contributed by atoms with E-state index in [-0.39, 0.29) is 52.3 Å². The van der Waals surface area contributed by atoms with Crippen LogP contribution in [-0.2, 0) is 14.3 Å². The molecule has 4 unspecified atom stereocenters. The first-order valence-electron chi connectivity index (χ1n) is 14.3. The lowest BCUT2D eigenvalue weighted by Gasteiger charge is -2.18. The van der Waals surface area contributed by atoms with Gasteiger partial charge in [-0.3, -0.25) is 29.4 Å². The number of amides is 2. The third-order valence-electron chi connectivity index (χ3n) is 8.91. The predicted molar refractivity (Wildman–Crippen MR) is 168 cm³/mol. The van der Waals surface area contributed by atoms with Crippen molar-refractivity contribution in [2.75, 3.05) is 11.5 Å². The van der Waals surface area contributed by atoms with Gasteiger partial charge >= 0.3 is 5.97 Å². The molecule has 11 heteroatoms. The second-order valence-corrected chi connectivity index (χ2v) is 12.5. The minimum absolute atomic E-state index is 0.119. The number of hydrogen-bond acceptors (Lipinski definition) is 8. The summed E-state index contributed by atoms with van der Waals surface area (Å²) in [5.74, 6) is -1.92. The van der Waals surface area contributed by atoms with Crippen LogP contribution in [0.4, 0.5) is 11.4 Å². The van der Waals surface area contributed by atoms with E-state index < -0.39 is 23.3 Å². The van der Waals surface area contributed by atoms with Crippen LogP contribution in [0.15, 0.2) is 83.4 Å². The van der Waals surface area contributed by atoms with Gasteiger partial charge in [0.2, 0.25) is 11.8 Å². The first-order chi connectivity index (χ1) is 21.6. The minimum Gasteiger partial charge on any atom is -0.454 e. The Hall–Kier alpha value is -5.03. The summed E-state index contributed by atoms with van der Waals surface area (Å²) in [5.41, 5.74) is 3.19. The molecule has 0 radical (unpaired) electrons. The predicted octanol–water partition coefficient (Wildman–Crippen LogP) is 6.23. The number of ether oxygens (including phenoxy) is 1. The lowest BCUT2D eigenvalue weighted by molar-refractivity contribution is -0.384. The van der Waals surface area contributed by atoms with Gasteiger partial charge in [0, 0.05) is 33.1 Å². The van der Waals surface area contributed by atoms with Gasteiger partial charge in [-0.2, -0.15) is 0 Å². The highest BCUT2D eigenvalue weighted by molar-refractivity contribution is 9.10. The number of rotatable bonds is 7. The van der Waals surface area contributed by atoms with Gasteiger partial charge < -0.3 is 4.74 Å². The van der Waals surface area contributed by atoms with E-state index in [1.54, 1.807) is 36.4 Å². The number of esters is 1. The zero-order valence-corrected chi connectivity index (χ0v) is 25.4. The summed E-state index contributed by atoms with van der Waals surface area (Å²) in [6, 6.07) is 17.2.